The summed E-state index contributed by atoms with van der Waals surface area (Å²) in [6.45, 7) is 8.84. The maximum Gasteiger partial charge on any atom is 0.508 e. The molecule has 1 N–H and O–H groups in total. The van der Waals surface area contributed by atoms with Crippen LogP contribution in [0.5, 0.6) is 0 Å². The van der Waals surface area contributed by atoms with Gasteiger partial charge < -0.3 is 33.7 Å². The summed E-state index contributed by atoms with van der Waals surface area (Å²) >= 11 is 0. The van der Waals surface area contributed by atoms with E-state index in [1.165, 1.54) is 51.9 Å². The van der Waals surface area contributed by atoms with Crippen LogP contribution in [0.25, 0.3) is 0 Å². The molecule has 12 heteroatoms. The number of hydrogen-bond acceptors (Lipinski definition) is 11. The topological polar surface area (TPSA) is 155 Å². The fraction of sp³-hybridized carbons (Fsp3) is 0.886. The molecule has 0 aliphatic heterocycles. The molecule has 0 spiro atoms. The van der Waals surface area contributed by atoms with E-state index in [1.54, 1.807) is 0 Å². The number of carboxylic acids is 1. The predicted octanol–water partition coefficient (Wildman–Crippen LogP) is 10.6. The van der Waals surface area contributed by atoms with E-state index in [0.717, 1.165) is 77.2 Å². The highest BCUT2D eigenvalue weighted by molar-refractivity contribution is 5.79. The van der Waals surface area contributed by atoms with E-state index in [1.807, 2.05) is 19.0 Å². The first kappa shape index (κ1) is 53.1. The van der Waals surface area contributed by atoms with Crippen LogP contribution >= 0.6 is 0 Å². The Morgan fingerprint density at radius 3 is 1.46 bits per heavy atom. The highest BCUT2D eigenvalue weighted by Crippen LogP contribution is 2.26. The zero-order chi connectivity index (χ0) is 41.8. The highest BCUT2D eigenvalue weighted by Gasteiger charge is 2.37. The minimum atomic E-state index is -1.46. The molecule has 56 heavy (non-hydrogen) atoms. The van der Waals surface area contributed by atoms with Crippen LogP contribution in [-0.2, 0) is 42.9 Å². The van der Waals surface area contributed by atoms with Crippen LogP contribution in [-0.4, -0.2) is 86.3 Å². The summed E-state index contributed by atoms with van der Waals surface area (Å²) in [6, 6.07) is 0. The fourth-order valence-corrected chi connectivity index (χ4v) is 6.42. The summed E-state index contributed by atoms with van der Waals surface area (Å²) in [5.74, 6) is -5.60. The predicted molar refractivity (Wildman–Crippen MR) is 219 cm³/mol. The molecule has 0 aliphatic carbocycles. The molecule has 0 saturated heterocycles. The molecule has 0 radical (unpaired) electrons. The summed E-state index contributed by atoms with van der Waals surface area (Å²) < 4.78 is 27.5. The van der Waals surface area contributed by atoms with Gasteiger partial charge in [-0.3, -0.25) is 19.2 Å². The fourth-order valence-electron chi connectivity index (χ4n) is 6.42. The lowest BCUT2D eigenvalue weighted by Crippen LogP contribution is -2.38. The maximum atomic E-state index is 13.0. The molecule has 3 unspecified atom stereocenters. The van der Waals surface area contributed by atoms with Gasteiger partial charge in [-0.15, -0.1) is 0 Å². The average molecular weight is 800 g/mol. The second-order valence-electron chi connectivity index (χ2n) is 15.7. The second-order valence-corrected chi connectivity index (χ2v) is 15.7. The molecule has 0 bridgehead atoms. The monoisotopic (exact) mass is 800 g/mol. The summed E-state index contributed by atoms with van der Waals surface area (Å²) in [5, 5.41) is 10.1. The third-order valence-corrected chi connectivity index (χ3v) is 10.0. The van der Waals surface area contributed by atoms with Gasteiger partial charge >= 0.3 is 30.0 Å². The van der Waals surface area contributed by atoms with Gasteiger partial charge in [0.1, 0.15) is 6.10 Å². The van der Waals surface area contributed by atoms with Gasteiger partial charge in [0.25, 0.3) is 6.29 Å². The van der Waals surface area contributed by atoms with E-state index in [2.05, 4.69) is 20.8 Å². The molecule has 3 atom stereocenters. The Bertz CT molecular complexity index is 993. The van der Waals surface area contributed by atoms with Gasteiger partial charge in [0.05, 0.1) is 25.6 Å². The lowest BCUT2D eigenvalue weighted by atomic mass is 9.90. The molecule has 0 aromatic carbocycles. The van der Waals surface area contributed by atoms with Crippen LogP contribution in [0.3, 0.4) is 0 Å². The van der Waals surface area contributed by atoms with Gasteiger partial charge in [0.15, 0.2) is 0 Å². The quantitative estimate of drug-likeness (QED) is 0.0273. The largest absolute Gasteiger partial charge is 0.508 e. The van der Waals surface area contributed by atoms with Gasteiger partial charge in [-0.1, -0.05) is 137 Å². The van der Waals surface area contributed by atoms with Crippen LogP contribution in [0.1, 0.15) is 195 Å². The Kier molecular flexibility index (Phi) is 34.6. The zero-order valence-electron chi connectivity index (χ0n) is 36.3. The number of esters is 3. The molecule has 0 aliphatic rings. The molecule has 0 aromatic heterocycles. The smallest absolute Gasteiger partial charge is 0.481 e. The van der Waals surface area contributed by atoms with Crippen molar-refractivity contribution in [1.82, 2.24) is 4.90 Å². The summed E-state index contributed by atoms with van der Waals surface area (Å²) in [7, 11) is 3.88. The van der Waals surface area contributed by atoms with Crippen LogP contribution in [0.15, 0.2) is 0 Å². The van der Waals surface area contributed by atoms with Crippen molar-refractivity contribution >= 4 is 30.0 Å². The van der Waals surface area contributed by atoms with E-state index in [0.29, 0.717) is 25.7 Å². The zero-order valence-corrected chi connectivity index (χ0v) is 36.3. The summed E-state index contributed by atoms with van der Waals surface area (Å²) in [6.07, 6.45) is 19.3. The van der Waals surface area contributed by atoms with E-state index < -0.39 is 60.7 Å². The van der Waals surface area contributed by atoms with Gasteiger partial charge in [-0.25, -0.2) is 4.79 Å². The Labute approximate surface area is 339 Å². The molecular formula is C44H81NO11. The van der Waals surface area contributed by atoms with Gasteiger partial charge in [-0.05, 0) is 46.2 Å². The standard InChI is InChI=1S/C44H81NO11/c1-7-10-13-16-17-18-19-20-23-24-28-37(54-44(51)53-33-27-32-45(5)6)31-34-52-41(48)35-38(42(49)50)36(4)43(55-39(46)29-25-21-14-11-8-2)56-40(47)30-26-22-15-12-9-3/h36-38,43H,7-35H2,1-6H3,(H,49,50). The number of carboxylic acid groups (broad SMARTS) is 1. The Morgan fingerprint density at radius 2 is 1.00 bits per heavy atom. The van der Waals surface area contributed by atoms with Crippen molar-refractivity contribution in [2.75, 3.05) is 33.9 Å². The minimum absolute atomic E-state index is 0.0840. The Hall–Kier alpha value is -2.89. The molecule has 0 aromatic rings. The number of hydrogen-bond donors (Lipinski definition) is 1. The molecule has 0 heterocycles. The van der Waals surface area contributed by atoms with Gasteiger partial charge in [0, 0.05) is 31.7 Å². The molecule has 0 saturated carbocycles. The number of aliphatic carboxylic acids is 1. The summed E-state index contributed by atoms with van der Waals surface area (Å²) in [5.41, 5.74) is 0. The Balaban J connectivity index is 5.34. The number of nitrogens with zero attached hydrogens (tertiary/aromatic N) is 1. The van der Waals surface area contributed by atoms with Crippen molar-refractivity contribution in [2.45, 2.75) is 207 Å². The average Bonchev–Trinajstić information content (AvgIpc) is 3.15. The number of rotatable bonds is 38. The second kappa shape index (κ2) is 36.5. The first-order chi connectivity index (χ1) is 26.9. The van der Waals surface area contributed by atoms with E-state index in [4.69, 9.17) is 23.7 Å². The van der Waals surface area contributed by atoms with E-state index in [9.17, 15) is 29.1 Å². The molecule has 0 rings (SSSR count). The lowest BCUT2D eigenvalue weighted by molar-refractivity contribution is -0.203. The molecular weight excluding hydrogens is 718 g/mol. The number of carbonyl (C=O) groups excluding carboxylic acids is 4. The number of carbonyl (C=O) groups is 5. The molecule has 0 amide bonds. The van der Waals surface area contributed by atoms with Crippen LogP contribution in [0, 0.1) is 11.8 Å². The van der Waals surface area contributed by atoms with Crippen LogP contribution in [0.4, 0.5) is 4.79 Å². The van der Waals surface area contributed by atoms with Crippen molar-refractivity contribution in [2.24, 2.45) is 11.8 Å². The van der Waals surface area contributed by atoms with Gasteiger partial charge in [0.2, 0.25) is 0 Å². The number of unbranched alkanes of at least 4 members (excludes halogenated alkanes) is 17. The van der Waals surface area contributed by atoms with Crippen molar-refractivity contribution in [3.05, 3.63) is 0 Å². The summed E-state index contributed by atoms with van der Waals surface area (Å²) in [4.78, 5) is 65.5. The first-order valence-electron chi connectivity index (χ1n) is 22.2. The first-order valence-corrected chi connectivity index (χ1v) is 22.2. The normalized spacial score (nSPS) is 12.9. The lowest BCUT2D eigenvalue weighted by Gasteiger charge is -2.28. The van der Waals surface area contributed by atoms with Crippen molar-refractivity contribution < 1.29 is 52.8 Å². The number of ether oxygens (including phenoxy) is 5. The Morgan fingerprint density at radius 1 is 0.536 bits per heavy atom. The molecule has 0 fully saturated rings. The maximum absolute atomic E-state index is 13.0. The van der Waals surface area contributed by atoms with Gasteiger partial charge in [-0.2, -0.15) is 0 Å². The van der Waals surface area contributed by atoms with Crippen molar-refractivity contribution in [1.29, 1.82) is 0 Å². The van der Waals surface area contributed by atoms with Crippen molar-refractivity contribution in [3.63, 3.8) is 0 Å². The third-order valence-electron chi connectivity index (χ3n) is 10.0. The third kappa shape index (κ3) is 31.2. The highest BCUT2D eigenvalue weighted by atomic mass is 16.7. The van der Waals surface area contributed by atoms with E-state index in [-0.39, 0.29) is 32.5 Å². The van der Waals surface area contributed by atoms with Crippen LogP contribution < -0.4 is 0 Å². The van der Waals surface area contributed by atoms with Crippen molar-refractivity contribution in [3.8, 4) is 0 Å². The minimum Gasteiger partial charge on any atom is -0.481 e. The van der Waals surface area contributed by atoms with Crippen LogP contribution in [0.2, 0.25) is 0 Å². The molecule has 328 valence electrons. The van der Waals surface area contributed by atoms with E-state index >= 15 is 0 Å². The SMILES string of the molecule is CCCCCCCCCCCCC(CCOC(=O)CC(C(=O)O)C(C)C(OC(=O)CCCCCCC)OC(=O)CCCCCCC)OC(=O)OCCCN(C)C. The molecule has 12 nitrogen and oxygen atoms in total.